The number of amides is 1. The monoisotopic (exact) mass is 351 g/mol. The minimum Gasteiger partial charge on any atom is -0.483 e. The van der Waals surface area contributed by atoms with Gasteiger partial charge in [-0.3, -0.25) is 9.59 Å². The highest BCUT2D eigenvalue weighted by atomic mass is 19.1. The Bertz CT molecular complexity index is 955. The Morgan fingerprint density at radius 2 is 1.81 bits per heavy atom. The van der Waals surface area contributed by atoms with Gasteiger partial charge in [-0.15, -0.1) is 0 Å². The van der Waals surface area contributed by atoms with Crippen LogP contribution in [-0.4, -0.2) is 30.7 Å². The van der Waals surface area contributed by atoms with Crippen LogP contribution in [0.15, 0.2) is 60.7 Å². The van der Waals surface area contributed by atoms with Gasteiger partial charge in [0.1, 0.15) is 11.6 Å². The highest BCUT2D eigenvalue weighted by Crippen LogP contribution is 2.26. The summed E-state index contributed by atoms with van der Waals surface area (Å²) in [6, 6.07) is 17.3. The second kappa shape index (κ2) is 7.78. The molecule has 5 heteroatoms. The van der Waals surface area contributed by atoms with E-state index in [1.807, 2.05) is 30.3 Å². The predicted molar refractivity (Wildman–Crippen MR) is 97.7 cm³/mol. The van der Waals surface area contributed by atoms with Crippen LogP contribution in [0.4, 0.5) is 4.39 Å². The van der Waals surface area contributed by atoms with E-state index in [4.69, 9.17) is 4.74 Å². The number of ether oxygens (including phenoxy) is 1. The van der Waals surface area contributed by atoms with Crippen LogP contribution in [0.25, 0.3) is 10.8 Å². The van der Waals surface area contributed by atoms with E-state index in [0.717, 1.165) is 17.1 Å². The first-order chi connectivity index (χ1) is 12.6. The van der Waals surface area contributed by atoms with Gasteiger partial charge in [0.25, 0.3) is 5.91 Å². The molecule has 0 fully saturated rings. The lowest BCUT2D eigenvalue weighted by atomic mass is 10.0. The second-order valence-corrected chi connectivity index (χ2v) is 5.95. The molecule has 3 aromatic carbocycles. The Labute approximate surface area is 150 Å². The van der Waals surface area contributed by atoms with Gasteiger partial charge in [-0.25, -0.2) is 4.39 Å². The molecule has 0 unspecified atom stereocenters. The van der Waals surface area contributed by atoms with Crippen molar-refractivity contribution in [1.82, 2.24) is 4.90 Å². The smallest absolute Gasteiger partial charge is 0.260 e. The normalized spacial score (nSPS) is 10.5. The third-order valence-electron chi connectivity index (χ3n) is 4.19. The highest BCUT2D eigenvalue weighted by molar-refractivity contribution is 6.00. The topological polar surface area (TPSA) is 46.6 Å². The number of benzene rings is 3. The van der Waals surface area contributed by atoms with Gasteiger partial charge >= 0.3 is 0 Å². The maximum Gasteiger partial charge on any atom is 0.260 e. The Morgan fingerprint density at radius 1 is 1.08 bits per heavy atom. The molecule has 3 aromatic rings. The van der Waals surface area contributed by atoms with E-state index in [9.17, 15) is 14.0 Å². The SMILES string of the molecule is CN(Cc1ccccc1F)C(=O)COc1ccc2ccccc2c1C=O. The molecule has 132 valence electrons. The molecule has 26 heavy (non-hydrogen) atoms. The molecule has 0 N–H and O–H groups in total. The van der Waals surface area contributed by atoms with E-state index < -0.39 is 0 Å². The maximum atomic E-state index is 13.7. The third-order valence-corrected chi connectivity index (χ3v) is 4.19. The zero-order chi connectivity index (χ0) is 18.5. The number of rotatable bonds is 6. The summed E-state index contributed by atoms with van der Waals surface area (Å²) in [4.78, 5) is 25.2. The fourth-order valence-electron chi connectivity index (χ4n) is 2.74. The molecule has 0 aliphatic heterocycles. The molecule has 0 radical (unpaired) electrons. The second-order valence-electron chi connectivity index (χ2n) is 5.95. The number of likely N-dealkylation sites (N-methyl/N-ethyl adjacent to an activating group) is 1. The van der Waals surface area contributed by atoms with Crippen molar-refractivity contribution in [3.8, 4) is 5.75 Å². The summed E-state index contributed by atoms with van der Waals surface area (Å²) in [5, 5.41) is 1.69. The highest BCUT2D eigenvalue weighted by Gasteiger charge is 2.14. The molecule has 0 bridgehead atoms. The zero-order valence-electron chi connectivity index (χ0n) is 14.3. The Balaban J connectivity index is 1.70. The molecule has 0 aliphatic rings. The Morgan fingerprint density at radius 3 is 2.58 bits per heavy atom. The van der Waals surface area contributed by atoms with E-state index >= 15 is 0 Å². The first-order valence-corrected chi connectivity index (χ1v) is 8.17. The Kier molecular flexibility index (Phi) is 5.27. The first-order valence-electron chi connectivity index (χ1n) is 8.17. The summed E-state index contributed by atoms with van der Waals surface area (Å²) in [7, 11) is 1.58. The number of carbonyl (C=O) groups excluding carboxylic acids is 2. The number of hydrogen-bond donors (Lipinski definition) is 0. The number of carbonyl (C=O) groups is 2. The quantitative estimate of drug-likeness (QED) is 0.634. The van der Waals surface area contributed by atoms with Crippen LogP contribution in [-0.2, 0) is 11.3 Å². The molecular weight excluding hydrogens is 333 g/mol. The number of nitrogens with zero attached hydrogens (tertiary/aromatic N) is 1. The van der Waals surface area contributed by atoms with Crippen LogP contribution in [0.5, 0.6) is 5.75 Å². The van der Waals surface area contributed by atoms with Crippen molar-refractivity contribution in [2.45, 2.75) is 6.54 Å². The number of hydrogen-bond acceptors (Lipinski definition) is 3. The van der Waals surface area contributed by atoms with Crippen LogP contribution in [0.1, 0.15) is 15.9 Å². The average molecular weight is 351 g/mol. The van der Waals surface area contributed by atoms with E-state index in [0.29, 0.717) is 16.9 Å². The predicted octanol–water partition coefficient (Wildman–Crippen LogP) is 3.83. The maximum absolute atomic E-state index is 13.7. The standard InChI is InChI=1S/C21H18FNO3/c1-23(12-16-7-3-5-9-19(16)22)21(25)14-26-20-11-10-15-6-2-4-8-17(15)18(20)13-24/h2-11,13H,12,14H2,1H3. The van der Waals surface area contributed by atoms with Crippen molar-refractivity contribution in [3.63, 3.8) is 0 Å². The lowest BCUT2D eigenvalue weighted by Crippen LogP contribution is -2.31. The van der Waals surface area contributed by atoms with E-state index in [2.05, 4.69) is 0 Å². The van der Waals surface area contributed by atoms with E-state index in [-0.39, 0.29) is 24.9 Å². The average Bonchev–Trinajstić information content (AvgIpc) is 2.67. The molecule has 4 nitrogen and oxygen atoms in total. The molecule has 0 aromatic heterocycles. The Hall–Kier alpha value is -3.21. The summed E-state index contributed by atoms with van der Waals surface area (Å²) in [6.45, 7) is -0.0861. The van der Waals surface area contributed by atoms with Crippen LogP contribution in [0.2, 0.25) is 0 Å². The molecule has 0 saturated heterocycles. The first kappa shape index (κ1) is 17.6. The van der Waals surface area contributed by atoms with Crippen LogP contribution < -0.4 is 4.74 Å². The summed E-state index contributed by atoms with van der Waals surface area (Å²) >= 11 is 0. The number of aldehydes is 1. The van der Waals surface area contributed by atoms with Gasteiger partial charge in [0, 0.05) is 19.2 Å². The lowest BCUT2D eigenvalue weighted by Gasteiger charge is -2.18. The van der Waals surface area contributed by atoms with Crippen molar-refractivity contribution < 1.29 is 18.7 Å². The van der Waals surface area contributed by atoms with Gasteiger partial charge in [-0.05, 0) is 22.9 Å². The van der Waals surface area contributed by atoms with Gasteiger partial charge in [-0.2, -0.15) is 0 Å². The van der Waals surface area contributed by atoms with Crippen molar-refractivity contribution in [2.24, 2.45) is 0 Å². The fourth-order valence-corrected chi connectivity index (χ4v) is 2.74. The fraction of sp³-hybridized carbons (Fsp3) is 0.143. The van der Waals surface area contributed by atoms with Gasteiger partial charge < -0.3 is 9.64 Å². The summed E-state index contributed by atoms with van der Waals surface area (Å²) < 4.78 is 19.3. The van der Waals surface area contributed by atoms with Crippen LogP contribution in [0.3, 0.4) is 0 Å². The molecule has 0 spiro atoms. The zero-order valence-corrected chi connectivity index (χ0v) is 14.3. The van der Waals surface area contributed by atoms with Gasteiger partial charge in [0.15, 0.2) is 12.9 Å². The minimum atomic E-state index is -0.356. The van der Waals surface area contributed by atoms with Gasteiger partial charge in [0.05, 0.1) is 5.56 Å². The largest absolute Gasteiger partial charge is 0.483 e. The molecule has 3 rings (SSSR count). The molecular formula is C21H18FNO3. The van der Waals surface area contributed by atoms with Gasteiger partial charge in [0.2, 0.25) is 0 Å². The summed E-state index contributed by atoms with van der Waals surface area (Å²) in [6.07, 6.45) is 0.727. The molecule has 0 atom stereocenters. The summed E-state index contributed by atoms with van der Waals surface area (Å²) in [5.41, 5.74) is 0.843. The van der Waals surface area contributed by atoms with Crippen molar-refractivity contribution in [3.05, 3.63) is 77.6 Å². The van der Waals surface area contributed by atoms with E-state index in [1.165, 1.54) is 11.0 Å². The number of fused-ring (bicyclic) bond motifs is 1. The summed E-state index contributed by atoms with van der Waals surface area (Å²) in [5.74, 6) is -0.310. The van der Waals surface area contributed by atoms with Crippen molar-refractivity contribution >= 4 is 23.0 Å². The number of halogens is 1. The molecule has 0 saturated carbocycles. The molecule has 1 amide bonds. The van der Waals surface area contributed by atoms with Crippen molar-refractivity contribution in [1.29, 1.82) is 0 Å². The minimum absolute atomic E-state index is 0.146. The van der Waals surface area contributed by atoms with Crippen LogP contribution >= 0.6 is 0 Å². The van der Waals surface area contributed by atoms with Crippen molar-refractivity contribution in [2.75, 3.05) is 13.7 Å². The molecule has 0 aliphatic carbocycles. The third kappa shape index (κ3) is 3.72. The van der Waals surface area contributed by atoms with E-state index in [1.54, 1.807) is 31.3 Å². The van der Waals surface area contributed by atoms with Gasteiger partial charge in [-0.1, -0.05) is 48.5 Å². The molecule has 0 heterocycles. The van der Waals surface area contributed by atoms with Crippen LogP contribution in [0, 0.1) is 5.82 Å². The lowest BCUT2D eigenvalue weighted by molar-refractivity contribution is -0.132.